The summed E-state index contributed by atoms with van der Waals surface area (Å²) in [6.45, 7) is 1.79. The summed E-state index contributed by atoms with van der Waals surface area (Å²) in [6.07, 6.45) is 2.95. The lowest BCUT2D eigenvalue weighted by atomic mass is 10.3. The Morgan fingerprint density at radius 2 is 2.46 bits per heavy atom. The van der Waals surface area contributed by atoms with Crippen LogP contribution in [0.25, 0.3) is 0 Å². The van der Waals surface area contributed by atoms with Crippen molar-refractivity contribution in [1.82, 2.24) is 4.98 Å². The van der Waals surface area contributed by atoms with Gasteiger partial charge in [0.15, 0.2) is 0 Å². The van der Waals surface area contributed by atoms with E-state index < -0.39 is 5.54 Å². The highest BCUT2D eigenvalue weighted by Crippen LogP contribution is 2.33. The standard InChI is InChI=1S/C8H11N3O2/c1-5-4-13-7(10-5)11-6(12)8(9)2-3-8/h4H,2-3,9H2,1H3,(H,10,11,12). The van der Waals surface area contributed by atoms with E-state index in [1.807, 2.05) is 0 Å². The van der Waals surface area contributed by atoms with E-state index in [2.05, 4.69) is 10.3 Å². The summed E-state index contributed by atoms with van der Waals surface area (Å²) in [5, 5.41) is 2.52. The number of aromatic nitrogens is 1. The summed E-state index contributed by atoms with van der Waals surface area (Å²) in [7, 11) is 0. The summed E-state index contributed by atoms with van der Waals surface area (Å²) >= 11 is 0. The molecule has 0 spiro atoms. The lowest BCUT2D eigenvalue weighted by Crippen LogP contribution is -2.37. The highest BCUT2D eigenvalue weighted by molar-refractivity contribution is 5.98. The maximum absolute atomic E-state index is 11.4. The third-order valence-electron chi connectivity index (χ3n) is 2.08. The third-order valence-corrected chi connectivity index (χ3v) is 2.08. The van der Waals surface area contributed by atoms with Crippen molar-refractivity contribution in [3.63, 3.8) is 0 Å². The molecule has 1 aromatic heterocycles. The van der Waals surface area contributed by atoms with Crippen molar-refractivity contribution in [2.45, 2.75) is 25.3 Å². The van der Waals surface area contributed by atoms with Gasteiger partial charge in [-0.3, -0.25) is 10.1 Å². The molecule has 13 heavy (non-hydrogen) atoms. The average molecular weight is 181 g/mol. The first-order chi connectivity index (χ1) is 6.10. The van der Waals surface area contributed by atoms with Crippen molar-refractivity contribution in [3.05, 3.63) is 12.0 Å². The molecule has 1 amide bonds. The van der Waals surface area contributed by atoms with E-state index in [1.54, 1.807) is 6.92 Å². The van der Waals surface area contributed by atoms with E-state index in [1.165, 1.54) is 6.26 Å². The van der Waals surface area contributed by atoms with Crippen molar-refractivity contribution >= 4 is 11.9 Å². The van der Waals surface area contributed by atoms with Gasteiger partial charge in [-0.2, -0.15) is 4.98 Å². The maximum Gasteiger partial charge on any atom is 0.301 e. The van der Waals surface area contributed by atoms with Crippen LogP contribution in [0.15, 0.2) is 10.7 Å². The predicted octanol–water partition coefficient (Wildman–Crippen LogP) is 0.413. The van der Waals surface area contributed by atoms with Crippen LogP contribution in [-0.4, -0.2) is 16.4 Å². The second-order valence-corrected chi connectivity index (χ2v) is 3.40. The number of anilines is 1. The number of nitrogens with two attached hydrogens (primary N) is 1. The Kier molecular flexibility index (Phi) is 1.63. The van der Waals surface area contributed by atoms with Crippen LogP contribution in [0.1, 0.15) is 18.5 Å². The van der Waals surface area contributed by atoms with Gasteiger partial charge < -0.3 is 10.2 Å². The van der Waals surface area contributed by atoms with Gasteiger partial charge in [-0.05, 0) is 19.8 Å². The normalized spacial score (nSPS) is 18.3. The maximum atomic E-state index is 11.4. The van der Waals surface area contributed by atoms with Gasteiger partial charge >= 0.3 is 6.01 Å². The highest BCUT2D eigenvalue weighted by atomic mass is 16.4. The Labute approximate surface area is 75.3 Å². The van der Waals surface area contributed by atoms with Gasteiger partial charge in [0.25, 0.3) is 0 Å². The first-order valence-electron chi connectivity index (χ1n) is 4.13. The smallest absolute Gasteiger partial charge is 0.301 e. The van der Waals surface area contributed by atoms with Gasteiger partial charge in [0.05, 0.1) is 11.2 Å². The van der Waals surface area contributed by atoms with E-state index in [-0.39, 0.29) is 11.9 Å². The van der Waals surface area contributed by atoms with Gasteiger partial charge in [-0.25, -0.2) is 0 Å². The first kappa shape index (κ1) is 8.25. The van der Waals surface area contributed by atoms with Crippen LogP contribution in [0.3, 0.4) is 0 Å². The van der Waals surface area contributed by atoms with Crippen LogP contribution in [0.4, 0.5) is 6.01 Å². The first-order valence-corrected chi connectivity index (χ1v) is 4.13. The number of carbonyl (C=O) groups excluding carboxylic acids is 1. The fourth-order valence-corrected chi connectivity index (χ4v) is 0.995. The Balaban J connectivity index is 2.02. The van der Waals surface area contributed by atoms with Crippen LogP contribution < -0.4 is 11.1 Å². The van der Waals surface area contributed by atoms with Crippen LogP contribution in [0.2, 0.25) is 0 Å². The number of oxazole rings is 1. The third kappa shape index (κ3) is 1.55. The average Bonchev–Trinajstić information content (AvgIpc) is 2.69. The Bertz CT molecular complexity index is 341. The second kappa shape index (κ2) is 2.56. The van der Waals surface area contributed by atoms with E-state index in [9.17, 15) is 4.79 Å². The summed E-state index contributed by atoms with van der Waals surface area (Å²) in [5.74, 6) is -0.214. The molecule has 70 valence electrons. The molecule has 0 radical (unpaired) electrons. The quantitative estimate of drug-likeness (QED) is 0.692. The number of amides is 1. The molecular weight excluding hydrogens is 170 g/mol. The number of nitrogens with zero attached hydrogens (tertiary/aromatic N) is 1. The van der Waals surface area contributed by atoms with Crippen LogP contribution in [0, 0.1) is 6.92 Å². The van der Waals surface area contributed by atoms with Gasteiger partial charge in [-0.15, -0.1) is 0 Å². The molecule has 0 saturated heterocycles. The number of carbonyl (C=O) groups is 1. The zero-order chi connectivity index (χ0) is 9.47. The number of nitrogens with one attached hydrogen (secondary N) is 1. The van der Waals surface area contributed by atoms with Crippen molar-refractivity contribution in [3.8, 4) is 0 Å². The lowest BCUT2D eigenvalue weighted by Gasteiger charge is -2.05. The van der Waals surface area contributed by atoms with E-state index in [0.717, 1.165) is 18.5 Å². The molecule has 1 heterocycles. The van der Waals surface area contributed by atoms with Crippen molar-refractivity contribution in [2.24, 2.45) is 5.73 Å². The largest absolute Gasteiger partial charge is 0.432 e. The molecule has 5 heteroatoms. The van der Waals surface area contributed by atoms with E-state index in [0.29, 0.717) is 0 Å². The minimum atomic E-state index is -0.678. The molecule has 0 aromatic carbocycles. The molecule has 0 aliphatic heterocycles. The fraction of sp³-hybridized carbons (Fsp3) is 0.500. The van der Waals surface area contributed by atoms with Gasteiger partial charge in [0.2, 0.25) is 5.91 Å². The summed E-state index contributed by atoms with van der Waals surface area (Å²) in [6, 6.07) is 0.222. The predicted molar refractivity (Wildman–Crippen MR) is 46.0 cm³/mol. The zero-order valence-corrected chi connectivity index (χ0v) is 7.33. The Hall–Kier alpha value is -1.36. The molecule has 0 unspecified atom stereocenters. The second-order valence-electron chi connectivity index (χ2n) is 3.40. The van der Waals surface area contributed by atoms with Crippen molar-refractivity contribution < 1.29 is 9.21 Å². The molecule has 1 aliphatic carbocycles. The number of hydrogen-bond acceptors (Lipinski definition) is 4. The topological polar surface area (TPSA) is 81.2 Å². The molecular formula is C8H11N3O2. The number of aryl methyl sites for hydroxylation is 1. The summed E-state index contributed by atoms with van der Waals surface area (Å²) < 4.78 is 4.96. The van der Waals surface area contributed by atoms with Crippen molar-refractivity contribution in [2.75, 3.05) is 5.32 Å². The number of hydrogen-bond donors (Lipinski definition) is 2. The SMILES string of the molecule is Cc1coc(NC(=O)C2(N)CC2)n1. The van der Waals surface area contributed by atoms with Gasteiger partial charge in [0.1, 0.15) is 6.26 Å². The van der Waals surface area contributed by atoms with Gasteiger partial charge in [-0.1, -0.05) is 0 Å². The van der Waals surface area contributed by atoms with E-state index >= 15 is 0 Å². The van der Waals surface area contributed by atoms with Crippen LogP contribution in [-0.2, 0) is 4.79 Å². The zero-order valence-electron chi connectivity index (χ0n) is 7.33. The molecule has 1 aliphatic rings. The summed E-state index contributed by atoms with van der Waals surface area (Å²) in [4.78, 5) is 15.3. The molecule has 0 atom stereocenters. The lowest BCUT2D eigenvalue weighted by molar-refractivity contribution is -0.118. The fourth-order valence-electron chi connectivity index (χ4n) is 0.995. The highest BCUT2D eigenvalue weighted by Gasteiger charge is 2.46. The molecule has 3 N–H and O–H groups in total. The van der Waals surface area contributed by atoms with Gasteiger partial charge in [0, 0.05) is 0 Å². The summed E-state index contributed by atoms with van der Waals surface area (Å²) in [5.41, 5.74) is 5.72. The minimum Gasteiger partial charge on any atom is -0.432 e. The molecule has 5 nitrogen and oxygen atoms in total. The minimum absolute atomic E-state index is 0.214. The molecule has 1 saturated carbocycles. The Morgan fingerprint density at radius 1 is 1.77 bits per heavy atom. The molecule has 1 aromatic rings. The van der Waals surface area contributed by atoms with E-state index in [4.69, 9.17) is 10.2 Å². The number of rotatable bonds is 2. The van der Waals surface area contributed by atoms with Crippen molar-refractivity contribution in [1.29, 1.82) is 0 Å². The molecule has 1 fully saturated rings. The Morgan fingerprint density at radius 3 is 2.92 bits per heavy atom. The monoisotopic (exact) mass is 181 g/mol. The van der Waals surface area contributed by atoms with Crippen LogP contribution in [0.5, 0.6) is 0 Å². The molecule has 0 bridgehead atoms. The molecule has 2 rings (SSSR count). The van der Waals surface area contributed by atoms with Crippen LogP contribution >= 0.6 is 0 Å².